The minimum absolute atomic E-state index is 0.153. The lowest BCUT2D eigenvalue weighted by atomic mass is 10.1. The molecule has 0 N–H and O–H groups in total. The Morgan fingerprint density at radius 1 is 0.952 bits per heavy atom. The summed E-state index contributed by atoms with van der Waals surface area (Å²) in [5.41, 5.74) is 1.84. The van der Waals surface area contributed by atoms with Crippen molar-refractivity contribution in [2.24, 2.45) is 0 Å². The second-order valence-electron chi connectivity index (χ2n) is 11.0. The summed E-state index contributed by atoms with van der Waals surface area (Å²) in [7, 11) is -10.6. The van der Waals surface area contributed by atoms with E-state index in [1.165, 1.54) is 11.8 Å². The Labute approximate surface area is 255 Å². The highest BCUT2D eigenvalue weighted by molar-refractivity contribution is 8.04. The third-order valence-electron chi connectivity index (χ3n) is 6.54. The second-order valence-corrected chi connectivity index (χ2v) is 20.6. The van der Waals surface area contributed by atoms with E-state index in [9.17, 15) is 25.9 Å². The van der Waals surface area contributed by atoms with Crippen molar-refractivity contribution in [2.75, 3.05) is 23.0 Å². The number of anilines is 1. The molecule has 1 aliphatic heterocycles. The van der Waals surface area contributed by atoms with Crippen LogP contribution in [-0.2, 0) is 26.8 Å². The zero-order valence-corrected chi connectivity index (χ0v) is 27.7. The smallest absolute Gasteiger partial charge is 0.265 e. The molecule has 4 aromatic rings. The van der Waals surface area contributed by atoms with Crippen LogP contribution in [0, 0.1) is 0 Å². The van der Waals surface area contributed by atoms with Gasteiger partial charge in [-0.15, -0.1) is 0 Å². The molecule has 0 radical (unpaired) electrons. The van der Waals surface area contributed by atoms with Gasteiger partial charge >= 0.3 is 0 Å². The average molecular weight is 664 g/mol. The summed E-state index contributed by atoms with van der Waals surface area (Å²) in [6.07, 6.45) is 2.33. The third kappa shape index (κ3) is 7.54. The predicted octanol–water partition coefficient (Wildman–Crippen LogP) is 5.34. The first-order chi connectivity index (χ1) is 19.7. The lowest BCUT2D eigenvalue weighted by Crippen LogP contribution is -2.36. The van der Waals surface area contributed by atoms with Gasteiger partial charge in [-0.05, 0) is 55.7 Å². The number of fused-ring (bicyclic) bond motifs is 4. The van der Waals surface area contributed by atoms with Crippen LogP contribution in [0.1, 0.15) is 17.8 Å². The minimum Gasteiger partial charge on any atom is -0.748 e. The monoisotopic (exact) mass is 663 g/mol. The third-order valence-corrected chi connectivity index (χ3v) is 11.2. The normalized spacial score (nSPS) is 15.2. The van der Waals surface area contributed by atoms with Crippen LogP contribution in [0.25, 0.3) is 27.1 Å². The molecule has 224 valence electrons. The highest BCUT2D eigenvalue weighted by Crippen LogP contribution is 2.48. The van der Waals surface area contributed by atoms with Gasteiger partial charge in [0.15, 0.2) is 6.54 Å². The van der Waals surface area contributed by atoms with Crippen molar-refractivity contribution in [1.82, 2.24) is 0 Å². The Kier molecular flexibility index (Phi) is 8.78. The van der Waals surface area contributed by atoms with E-state index in [4.69, 9.17) is 4.43 Å². The summed E-state index contributed by atoms with van der Waals surface area (Å²) in [4.78, 5) is 2.99. The predicted molar refractivity (Wildman–Crippen MR) is 169 cm³/mol. The summed E-state index contributed by atoms with van der Waals surface area (Å²) in [5, 5.41) is 3.78. The number of hydrogen-bond acceptors (Lipinski definition) is 10. The van der Waals surface area contributed by atoms with E-state index in [2.05, 4.69) is 24.2 Å². The number of aryl methyl sites for hydroxylation is 1. The van der Waals surface area contributed by atoms with Gasteiger partial charge in [0, 0.05) is 35.4 Å². The largest absolute Gasteiger partial charge is 0.748 e. The van der Waals surface area contributed by atoms with Crippen LogP contribution in [-0.4, -0.2) is 52.3 Å². The fourth-order valence-electron chi connectivity index (χ4n) is 4.94. The maximum Gasteiger partial charge on any atom is 0.265 e. The number of nitrogens with zero attached hydrogens (tertiary/aromatic N) is 2. The van der Waals surface area contributed by atoms with Crippen molar-refractivity contribution in [1.29, 1.82) is 0 Å². The maximum atomic E-state index is 11.4. The average Bonchev–Trinajstić information content (AvgIpc) is 3.39. The molecule has 0 bridgehead atoms. The van der Waals surface area contributed by atoms with Crippen LogP contribution in [0.15, 0.2) is 64.5 Å². The molecule has 0 saturated carbocycles. The lowest BCUT2D eigenvalue weighted by Gasteiger charge is -2.23. The van der Waals surface area contributed by atoms with E-state index in [-0.39, 0.29) is 12.8 Å². The molecular weight excluding hydrogens is 633 g/mol. The summed E-state index contributed by atoms with van der Waals surface area (Å²) >= 11 is 3.09. The topological polar surface area (TPSA) is 131 Å². The molecule has 14 heteroatoms. The van der Waals surface area contributed by atoms with E-state index in [1.807, 2.05) is 65.6 Å². The van der Waals surface area contributed by atoms with Crippen molar-refractivity contribution in [3.05, 3.63) is 64.6 Å². The van der Waals surface area contributed by atoms with Crippen molar-refractivity contribution in [2.45, 2.75) is 43.9 Å². The first kappa shape index (κ1) is 31.0. The zero-order chi connectivity index (χ0) is 30.3. The quantitative estimate of drug-likeness (QED) is 0.119. The van der Waals surface area contributed by atoms with Gasteiger partial charge in [0.2, 0.25) is 13.8 Å². The summed E-state index contributed by atoms with van der Waals surface area (Å²) < 4.78 is 77.6. The molecule has 0 amide bonds. The van der Waals surface area contributed by atoms with Gasteiger partial charge in [-0.3, -0.25) is 0 Å². The zero-order valence-electron chi connectivity index (χ0n) is 23.4. The van der Waals surface area contributed by atoms with Crippen molar-refractivity contribution in [3.63, 3.8) is 0 Å². The molecule has 3 aromatic carbocycles. The minimum atomic E-state index is -4.37. The first-order valence-electron chi connectivity index (χ1n) is 13.4. The fraction of sp³-hybridized carbons (Fsp3) is 0.321. The Hall–Kier alpha value is -2.46. The molecule has 0 unspecified atom stereocenters. The molecule has 0 spiro atoms. The van der Waals surface area contributed by atoms with Crippen LogP contribution in [0.2, 0.25) is 19.6 Å². The number of rotatable bonds is 11. The Bertz CT molecular complexity index is 1900. The number of thiazole rings is 1. The maximum absolute atomic E-state index is 11.4. The Balaban J connectivity index is 1.60. The van der Waals surface area contributed by atoms with Crippen LogP contribution in [0.5, 0.6) is 5.75 Å². The van der Waals surface area contributed by atoms with Crippen LogP contribution < -0.4 is 13.9 Å². The molecule has 0 saturated heterocycles. The standard InChI is InChI=1S/C28H32N2O7S4Si/c1-42(2,3)37-21-11-13-24-23(18-21)29(14-6-16-40(31,32)33)26(38-24)19-27-30(15-7-17-41(34,35)36)28-22-9-5-4-8-20(22)10-12-25(28)39-27/h4-5,8-13,18-19H,6-7,14-17H2,1-3H3,(H-,31,32,33,34,35,36)/p-1. The number of benzene rings is 3. The molecule has 0 aliphatic carbocycles. The van der Waals surface area contributed by atoms with Gasteiger partial charge in [-0.25, -0.2) is 16.8 Å². The van der Waals surface area contributed by atoms with Crippen molar-refractivity contribution in [3.8, 4) is 5.75 Å². The molecule has 9 nitrogen and oxygen atoms in total. The van der Waals surface area contributed by atoms with Gasteiger partial charge in [0.25, 0.3) is 5.01 Å². The van der Waals surface area contributed by atoms with E-state index in [0.717, 1.165) is 47.4 Å². The number of thioether (sulfide) groups is 1. The molecule has 0 fully saturated rings. The Morgan fingerprint density at radius 2 is 1.67 bits per heavy atom. The second kappa shape index (κ2) is 11.9. The molecule has 0 atom stereocenters. The lowest BCUT2D eigenvalue weighted by molar-refractivity contribution is -0.667. The summed E-state index contributed by atoms with van der Waals surface area (Å²) in [6, 6.07) is 17.9. The van der Waals surface area contributed by atoms with Crippen LogP contribution >= 0.6 is 23.1 Å². The summed E-state index contributed by atoms with van der Waals surface area (Å²) in [5.74, 6) is -0.201. The molecule has 1 aromatic heterocycles. The van der Waals surface area contributed by atoms with Gasteiger partial charge in [0.1, 0.15) is 10.4 Å². The highest BCUT2D eigenvalue weighted by Gasteiger charge is 2.30. The van der Waals surface area contributed by atoms with Crippen molar-refractivity contribution >= 4 is 84.4 Å². The van der Waals surface area contributed by atoms with Crippen LogP contribution in [0.3, 0.4) is 0 Å². The number of aromatic nitrogens is 1. The van der Waals surface area contributed by atoms with Gasteiger partial charge < -0.3 is 18.4 Å². The first-order valence-corrected chi connectivity index (χ1v) is 21.6. The van der Waals surface area contributed by atoms with E-state index >= 15 is 0 Å². The Morgan fingerprint density at radius 3 is 2.38 bits per heavy atom. The molecule has 2 heterocycles. The van der Waals surface area contributed by atoms with Crippen LogP contribution in [0.4, 0.5) is 5.69 Å². The fourth-order valence-corrected chi connectivity index (χ4v) is 9.06. The van der Waals surface area contributed by atoms with Gasteiger partial charge in [-0.1, -0.05) is 47.4 Å². The molecule has 1 aliphatic rings. The molecule has 42 heavy (non-hydrogen) atoms. The van der Waals surface area contributed by atoms with E-state index < -0.39 is 40.1 Å². The molecule has 5 rings (SSSR count). The van der Waals surface area contributed by atoms with Gasteiger partial charge in [0.05, 0.1) is 42.4 Å². The molecular formula is C28H31N2O7S4Si-. The van der Waals surface area contributed by atoms with E-state index in [0.29, 0.717) is 13.1 Å². The van der Waals surface area contributed by atoms with Gasteiger partial charge in [-0.2, -0.15) is 4.57 Å². The highest BCUT2D eigenvalue weighted by atomic mass is 32.2. The SMILES string of the molecule is C[Si](C)(C)Oc1ccc2c(c1)N(CCCS(=O)(=O)[O-])/C(=C/c1sc3ccc4ccccc4c3[n+]1CCCS(=O)(=O)[O-])S2. The van der Waals surface area contributed by atoms with E-state index in [1.54, 1.807) is 11.3 Å². The van der Waals surface area contributed by atoms with Crippen molar-refractivity contribution < 1.29 is 34.9 Å². The summed E-state index contributed by atoms with van der Waals surface area (Å²) in [6.45, 7) is 6.93. The number of hydrogen-bond donors (Lipinski definition) is 0.